The number of anilines is 2. The minimum Gasteiger partial charge on any atom is -0.335 e. The zero-order valence-corrected chi connectivity index (χ0v) is 16.1. The van der Waals surface area contributed by atoms with E-state index in [0.29, 0.717) is 17.9 Å². The van der Waals surface area contributed by atoms with E-state index < -0.39 is 5.92 Å². The van der Waals surface area contributed by atoms with Crippen molar-refractivity contribution in [3.63, 3.8) is 0 Å². The van der Waals surface area contributed by atoms with Gasteiger partial charge in [-0.05, 0) is 36.8 Å². The Labute approximate surface area is 169 Å². The quantitative estimate of drug-likeness (QED) is 0.791. The summed E-state index contributed by atoms with van der Waals surface area (Å²) in [4.78, 5) is 38.2. The highest BCUT2D eigenvalue weighted by molar-refractivity contribution is 5.97. The summed E-state index contributed by atoms with van der Waals surface area (Å²) in [5.41, 5.74) is 2.16. The van der Waals surface area contributed by atoms with Crippen LogP contribution in [0.15, 0.2) is 54.6 Å². The van der Waals surface area contributed by atoms with Crippen molar-refractivity contribution in [1.29, 1.82) is 5.26 Å². The van der Waals surface area contributed by atoms with Gasteiger partial charge in [0.15, 0.2) is 0 Å². The van der Waals surface area contributed by atoms with Crippen molar-refractivity contribution in [2.24, 2.45) is 5.92 Å². The Balaban J connectivity index is 1.58. The number of carbonyl (C=O) groups excluding carboxylic acids is 3. The molecule has 0 spiro atoms. The molecule has 7 nitrogen and oxygen atoms in total. The topological polar surface area (TPSA) is 102 Å². The molecular weight excluding hydrogens is 368 g/mol. The SMILES string of the molecule is CC(c1ccccc1)N1CC(C(=O)Nc2ccc(NC(=O)CC#N)cc2)CC1=O. The van der Waals surface area contributed by atoms with Crippen LogP contribution < -0.4 is 10.6 Å². The third-order valence-corrected chi connectivity index (χ3v) is 4.95. The van der Waals surface area contributed by atoms with Crippen molar-refractivity contribution in [3.8, 4) is 6.07 Å². The summed E-state index contributed by atoms with van der Waals surface area (Å²) >= 11 is 0. The maximum atomic E-state index is 12.6. The molecule has 3 rings (SSSR count). The number of rotatable bonds is 6. The lowest BCUT2D eigenvalue weighted by Gasteiger charge is -2.25. The van der Waals surface area contributed by atoms with Gasteiger partial charge in [0.2, 0.25) is 17.7 Å². The molecule has 1 heterocycles. The summed E-state index contributed by atoms with van der Waals surface area (Å²) in [6, 6.07) is 18.1. The predicted molar refractivity (Wildman–Crippen MR) is 109 cm³/mol. The Bertz CT molecular complexity index is 935. The van der Waals surface area contributed by atoms with Gasteiger partial charge in [-0.25, -0.2) is 0 Å². The lowest BCUT2D eigenvalue weighted by Crippen LogP contribution is -2.30. The monoisotopic (exact) mass is 390 g/mol. The molecule has 29 heavy (non-hydrogen) atoms. The molecule has 2 unspecified atom stereocenters. The van der Waals surface area contributed by atoms with Crippen molar-refractivity contribution < 1.29 is 14.4 Å². The van der Waals surface area contributed by atoms with Crippen molar-refractivity contribution >= 4 is 29.1 Å². The first-order valence-corrected chi connectivity index (χ1v) is 9.40. The van der Waals surface area contributed by atoms with Crippen molar-refractivity contribution in [2.45, 2.75) is 25.8 Å². The third kappa shape index (κ3) is 4.99. The molecule has 148 valence electrons. The summed E-state index contributed by atoms with van der Waals surface area (Å²) in [5, 5.41) is 13.9. The number of likely N-dealkylation sites (tertiary alicyclic amines) is 1. The largest absolute Gasteiger partial charge is 0.335 e. The molecule has 2 atom stereocenters. The Kier molecular flexibility index (Phi) is 6.25. The minimum atomic E-state index is -0.413. The minimum absolute atomic E-state index is 0.0305. The number of benzene rings is 2. The third-order valence-electron chi connectivity index (χ3n) is 4.95. The second-order valence-electron chi connectivity index (χ2n) is 6.98. The van der Waals surface area contributed by atoms with Crippen molar-refractivity contribution in [2.75, 3.05) is 17.2 Å². The molecular formula is C22H22N4O3. The van der Waals surface area contributed by atoms with Crippen LogP contribution in [0.25, 0.3) is 0 Å². The molecule has 1 aliphatic rings. The van der Waals surface area contributed by atoms with Crippen LogP contribution in [0.4, 0.5) is 11.4 Å². The van der Waals surface area contributed by atoms with E-state index in [1.165, 1.54) is 0 Å². The van der Waals surface area contributed by atoms with Crippen LogP contribution in [0.5, 0.6) is 0 Å². The van der Waals surface area contributed by atoms with Gasteiger partial charge in [-0.2, -0.15) is 5.26 Å². The van der Waals surface area contributed by atoms with Crippen LogP contribution in [0.3, 0.4) is 0 Å². The van der Waals surface area contributed by atoms with Crippen LogP contribution in [-0.4, -0.2) is 29.2 Å². The molecule has 1 aliphatic heterocycles. The first-order valence-electron chi connectivity index (χ1n) is 9.40. The molecule has 0 radical (unpaired) electrons. The zero-order chi connectivity index (χ0) is 20.8. The summed E-state index contributed by atoms with van der Waals surface area (Å²) < 4.78 is 0. The molecule has 0 aliphatic carbocycles. The van der Waals surface area contributed by atoms with Gasteiger partial charge in [0.1, 0.15) is 6.42 Å². The molecule has 2 aromatic carbocycles. The van der Waals surface area contributed by atoms with E-state index in [-0.39, 0.29) is 36.6 Å². The fraction of sp³-hybridized carbons (Fsp3) is 0.273. The fourth-order valence-corrected chi connectivity index (χ4v) is 3.35. The highest BCUT2D eigenvalue weighted by Gasteiger charge is 2.37. The van der Waals surface area contributed by atoms with Crippen LogP contribution in [0.1, 0.15) is 31.4 Å². The van der Waals surface area contributed by atoms with E-state index in [2.05, 4.69) is 10.6 Å². The first-order chi connectivity index (χ1) is 14.0. The zero-order valence-electron chi connectivity index (χ0n) is 16.1. The summed E-state index contributed by atoms with van der Waals surface area (Å²) in [7, 11) is 0. The van der Waals surface area contributed by atoms with Crippen LogP contribution >= 0.6 is 0 Å². The Morgan fingerprint density at radius 2 is 1.72 bits per heavy atom. The second-order valence-corrected chi connectivity index (χ2v) is 6.98. The van der Waals surface area contributed by atoms with Crippen LogP contribution in [-0.2, 0) is 14.4 Å². The van der Waals surface area contributed by atoms with E-state index in [0.717, 1.165) is 5.56 Å². The van der Waals surface area contributed by atoms with Gasteiger partial charge in [-0.3, -0.25) is 14.4 Å². The standard InChI is InChI=1S/C22H22N4O3/c1-15(16-5-3-2-4-6-16)26-14-17(13-21(26)28)22(29)25-19-9-7-18(8-10-19)24-20(27)11-12-23/h2-10,15,17H,11,13-14H2,1H3,(H,24,27)(H,25,29). The van der Waals surface area contributed by atoms with Gasteiger partial charge < -0.3 is 15.5 Å². The van der Waals surface area contributed by atoms with Gasteiger partial charge >= 0.3 is 0 Å². The van der Waals surface area contributed by atoms with Crippen molar-refractivity contribution in [3.05, 3.63) is 60.2 Å². The summed E-state index contributed by atoms with van der Waals surface area (Å²) in [5.74, 6) is -1.04. The average molecular weight is 390 g/mol. The molecule has 2 aromatic rings. The Hall–Kier alpha value is -3.66. The van der Waals surface area contributed by atoms with E-state index in [4.69, 9.17) is 5.26 Å². The van der Waals surface area contributed by atoms with Gasteiger partial charge in [0.05, 0.1) is 18.0 Å². The van der Waals surface area contributed by atoms with E-state index in [1.54, 1.807) is 35.2 Å². The van der Waals surface area contributed by atoms with Gasteiger partial charge in [-0.15, -0.1) is 0 Å². The van der Waals surface area contributed by atoms with Gasteiger partial charge in [0, 0.05) is 24.3 Å². The fourth-order valence-electron chi connectivity index (χ4n) is 3.35. The molecule has 2 N–H and O–H groups in total. The molecule has 3 amide bonds. The smallest absolute Gasteiger partial charge is 0.238 e. The molecule has 0 bridgehead atoms. The van der Waals surface area contributed by atoms with E-state index in [1.807, 2.05) is 37.3 Å². The van der Waals surface area contributed by atoms with E-state index in [9.17, 15) is 14.4 Å². The molecule has 1 saturated heterocycles. The highest BCUT2D eigenvalue weighted by atomic mass is 16.2. The Morgan fingerprint density at radius 3 is 2.34 bits per heavy atom. The maximum Gasteiger partial charge on any atom is 0.238 e. The molecule has 0 aromatic heterocycles. The number of hydrogen-bond acceptors (Lipinski definition) is 4. The molecule has 1 fully saturated rings. The van der Waals surface area contributed by atoms with Gasteiger partial charge in [-0.1, -0.05) is 30.3 Å². The lowest BCUT2D eigenvalue weighted by atomic mass is 10.1. The summed E-state index contributed by atoms with van der Waals surface area (Å²) in [6.07, 6.45) is -0.0303. The number of nitrogens with one attached hydrogen (secondary N) is 2. The van der Waals surface area contributed by atoms with Crippen molar-refractivity contribution in [1.82, 2.24) is 4.90 Å². The number of nitrogens with zero attached hydrogens (tertiary/aromatic N) is 2. The number of nitriles is 1. The first kappa shape index (κ1) is 20.1. The summed E-state index contributed by atoms with van der Waals surface area (Å²) in [6.45, 7) is 2.34. The van der Waals surface area contributed by atoms with Crippen LogP contribution in [0, 0.1) is 17.2 Å². The molecule has 7 heteroatoms. The Morgan fingerprint density at radius 1 is 1.10 bits per heavy atom. The number of hydrogen-bond donors (Lipinski definition) is 2. The molecule has 0 saturated carbocycles. The normalized spacial score (nSPS) is 16.8. The highest BCUT2D eigenvalue weighted by Crippen LogP contribution is 2.29. The average Bonchev–Trinajstić information content (AvgIpc) is 3.11. The number of carbonyl (C=O) groups is 3. The lowest BCUT2D eigenvalue weighted by molar-refractivity contribution is -0.129. The van der Waals surface area contributed by atoms with Crippen LogP contribution in [0.2, 0.25) is 0 Å². The van der Waals surface area contributed by atoms with Gasteiger partial charge in [0.25, 0.3) is 0 Å². The predicted octanol–water partition coefficient (Wildman–Crippen LogP) is 3.09. The number of amides is 3. The second kappa shape index (κ2) is 9.02. The maximum absolute atomic E-state index is 12.6. The van der Waals surface area contributed by atoms with E-state index >= 15 is 0 Å².